The molecule has 0 radical (unpaired) electrons. The molecule has 1 unspecified atom stereocenters. The molecule has 10 heteroatoms. The van der Waals surface area contributed by atoms with Crippen LogP contribution in [0.15, 0.2) is 48.6 Å². The third-order valence-corrected chi connectivity index (χ3v) is 9.92. The summed E-state index contributed by atoms with van der Waals surface area (Å²) >= 11 is 0. The van der Waals surface area contributed by atoms with E-state index in [0.717, 1.165) is 83.5 Å². The fourth-order valence-electron chi connectivity index (χ4n) is 5.68. The van der Waals surface area contributed by atoms with Crippen molar-refractivity contribution >= 4 is 19.8 Å². The molecule has 0 bridgehead atoms. The minimum Gasteiger partial charge on any atom is -0.462 e. The predicted molar refractivity (Wildman–Crippen MR) is 224 cm³/mol. The second kappa shape index (κ2) is 40.6. The molecule has 0 amide bonds. The molecule has 0 aromatic rings. The van der Waals surface area contributed by atoms with Crippen molar-refractivity contribution in [2.45, 2.75) is 193 Å². The number of carbonyl (C=O) groups is 2. The van der Waals surface area contributed by atoms with Crippen molar-refractivity contribution in [2.24, 2.45) is 5.73 Å². The maximum atomic E-state index is 12.6. The van der Waals surface area contributed by atoms with Crippen LogP contribution in [0.1, 0.15) is 187 Å². The first-order valence-corrected chi connectivity index (χ1v) is 23.1. The van der Waals surface area contributed by atoms with Crippen molar-refractivity contribution in [1.82, 2.24) is 0 Å². The van der Waals surface area contributed by atoms with Gasteiger partial charge in [-0.25, -0.2) is 4.57 Å². The number of rotatable bonds is 40. The number of phosphoric ester groups is 1. The van der Waals surface area contributed by atoms with E-state index in [1.165, 1.54) is 70.6 Å². The summed E-state index contributed by atoms with van der Waals surface area (Å²) in [6, 6.07) is 0. The molecule has 3 N–H and O–H groups in total. The van der Waals surface area contributed by atoms with Gasteiger partial charge in [0.25, 0.3) is 0 Å². The normalized spacial score (nSPS) is 13.8. The molecule has 0 aromatic heterocycles. The average Bonchev–Trinajstić information content (AvgIpc) is 3.16. The zero-order valence-corrected chi connectivity index (χ0v) is 35.3. The first-order valence-electron chi connectivity index (χ1n) is 21.6. The molecule has 0 aliphatic carbocycles. The maximum absolute atomic E-state index is 12.6. The van der Waals surface area contributed by atoms with Gasteiger partial charge in [-0.15, -0.1) is 0 Å². The Morgan fingerprint density at radius 1 is 0.556 bits per heavy atom. The highest BCUT2D eigenvalue weighted by Gasteiger charge is 2.26. The number of ether oxygens (including phenoxy) is 2. The third kappa shape index (κ3) is 39.7. The smallest absolute Gasteiger partial charge is 0.462 e. The highest BCUT2D eigenvalue weighted by atomic mass is 31.2. The third-order valence-electron chi connectivity index (χ3n) is 8.94. The number of esters is 2. The molecule has 0 spiro atoms. The lowest BCUT2D eigenvalue weighted by atomic mass is 10.1. The van der Waals surface area contributed by atoms with E-state index >= 15 is 0 Å². The van der Waals surface area contributed by atoms with Gasteiger partial charge in [0.2, 0.25) is 0 Å². The number of unbranched alkanes of at least 4 members (excludes halogenated alkanes) is 19. The average molecular weight is 782 g/mol. The van der Waals surface area contributed by atoms with Gasteiger partial charge < -0.3 is 20.1 Å². The zero-order valence-electron chi connectivity index (χ0n) is 34.4. The molecule has 0 aliphatic heterocycles. The summed E-state index contributed by atoms with van der Waals surface area (Å²) < 4.78 is 32.7. The minimum atomic E-state index is -4.38. The zero-order chi connectivity index (χ0) is 39.6. The van der Waals surface area contributed by atoms with Crippen molar-refractivity contribution < 1.29 is 37.6 Å². The molecule has 9 nitrogen and oxygen atoms in total. The van der Waals surface area contributed by atoms with Crippen LogP contribution in [0.25, 0.3) is 0 Å². The Hall–Kier alpha value is -2.03. The standard InChI is InChI=1S/C44H80NO8P/c1-3-5-7-9-11-13-15-17-19-20-21-22-23-25-26-28-30-32-34-36-43(46)50-40-42(41-52-54(48,49)51-39-38-45)53-44(47)37-35-33-31-29-27-24-18-16-14-12-10-8-6-4-2/h10-13,16-19,42H,3-9,14-15,20-41,45H2,1-2H3,(H,48,49)/b12-10-,13-11-,18-16-,19-17-/t42-/m1/s1. The lowest BCUT2D eigenvalue weighted by Crippen LogP contribution is -2.29. The number of hydrogen-bond donors (Lipinski definition) is 2. The first-order chi connectivity index (χ1) is 26.3. The van der Waals surface area contributed by atoms with Crippen molar-refractivity contribution in [3.8, 4) is 0 Å². The lowest BCUT2D eigenvalue weighted by Gasteiger charge is -2.19. The van der Waals surface area contributed by atoms with Crippen molar-refractivity contribution in [2.75, 3.05) is 26.4 Å². The van der Waals surface area contributed by atoms with Gasteiger partial charge in [-0.1, -0.05) is 152 Å². The molecular weight excluding hydrogens is 701 g/mol. The monoisotopic (exact) mass is 782 g/mol. The fraction of sp³-hybridized carbons (Fsp3) is 0.773. The van der Waals surface area contributed by atoms with Crippen LogP contribution >= 0.6 is 7.82 Å². The molecule has 0 saturated carbocycles. The quantitative estimate of drug-likeness (QED) is 0.0269. The molecule has 2 atom stereocenters. The summed E-state index contributed by atoms with van der Waals surface area (Å²) in [6.45, 7) is 3.64. The first kappa shape index (κ1) is 52.0. The van der Waals surface area contributed by atoms with Crippen LogP contribution in [0.5, 0.6) is 0 Å². The van der Waals surface area contributed by atoms with E-state index in [1.807, 2.05) is 0 Å². The Balaban J connectivity index is 4.16. The summed E-state index contributed by atoms with van der Waals surface area (Å²) in [4.78, 5) is 34.8. The molecule has 0 aliphatic rings. The number of phosphoric acid groups is 1. The van der Waals surface area contributed by atoms with Gasteiger partial charge in [0, 0.05) is 19.4 Å². The van der Waals surface area contributed by atoms with Gasteiger partial charge in [-0.2, -0.15) is 0 Å². The van der Waals surface area contributed by atoms with Crippen molar-refractivity contribution in [1.29, 1.82) is 0 Å². The van der Waals surface area contributed by atoms with Crippen LogP contribution in [0.4, 0.5) is 0 Å². The predicted octanol–water partition coefficient (Wildman–Crippen LogP) is 12.3. The summed E-state index contributed by atoms with van der Waals surface area (Å²) in [6.07, 6.45) is 45.6. The second-order valence-electron chi connectivity index (χ2n) is 14.2. The molecule has 314 valence electrons. The molecule has 0 fully saturated rings. The topological polar surface area (TPSA) is 134 Å². The van der Waals surface area contributed by atoms with Crippen LogP contribution in [0, 0.1) is 0 Å². The van der Waals surface area contributed by atoms with Crippen LogP contribution in [0.3, 0.4) is 0 Å². The molecule has 0 saturated heterocycles. The Morgan fingerprint density at radius 2 is 0.981 bits per heavy atom. The number of hydrogen-bond acceptors (Lipinski definition) is 8. The summed E-state index contributed by atoms with van der Waals surface area (Å²) in [5.41, 5.74) is 5.34. The summed E-state index contributed by atoms with van der Waals surface area (Å²) in [7, 11) is -4.38. The molecule has 0 aromatic carbocycles. The van der Waals surface area contributed by atoms with E-state index in [2.05, 4.69) is 62.5 Å². The van der Waals surface area contributed by atoms with E-state index in [1.54, 1.807) is 0 Å². The van der Waals surface area contributed by atoms with Crippen molar-refractivity contribution in [3.63, 3.8) is 0 Å². The van der Waals surface area contributed by atoms with Crippen LogP contribution < -0.4 is 5.73 Å². The van der Waals surface area contributed by atoms with Crippen LogP contribution in [-0.2, 0) is 32.7 Å². The van der Waals surface area contributed by atoms with Crippen molar-refractivity contribution in [3.05, 3.63) is 48.6 Å². The highest BCUT2D eigenvalue weighted by Crippen LogP contribution is 2.43. The number of allylic oxidation sites excluding steroid dienone is 8. The Kier molecular flexibility index (Phi) is 39.1. The van der Waals surface area contributed by atoms with Gasteiger partial charge in [0.05, 0.1) is 13.2 Å². The molecular formula is C44H80NO8P. The Bertz CT molecular complexity index is 1030. The van der Waals surface area contributed by atoms with E-state index in [9.17, 15) is 19.0 Å². The van der Waals surface area contributed by atoms with E-state index in [0.29, 0.717) is 6.42 Å². The largest absolute Gasteiger partial charge is 0.472 e. The van der Waals surface area contributed by atoms with E-state index < -0.39 is 32.5 Å². The summed E-state index contributed by atoms with van der Waals surface area (Å²) in [5.74, 6) is -0.850. The summed E-state index contributed by atoms with van der Waals surface area (Å²) in [5, 5.41) is 0. The van der Waals surface area contributed by atoms with Gasteiger partial charge >= 0.3 is 19.8 Å². The van der Waals surface area contributed by atoms with Gasteiger partial charge in [0.15, 0.2) is 6.10 Å². The maximum Gasteiger partial charge on any atom is 0.472 e. The van der Waals surface area contributed by atoms with E-state index in [4.69, 9.17) is 24.3 Å². The van der Waals surface area contributed by atoms with Crippen LogP contribution in [0.2, 0.25) is 0 Å². The lowest BCUT2D eigenvalue weighted by molar-refractivity contribution is -0.161. The second-order valence-corrected chi connectivity index (χ2v) is 15.7. The minimum absolute atomic E-state index is 0.0490. The Morgan fingerprint density at radius 3 is 1.46 bits per heavy atom. The van der Waals surface area contributed by atoms with Gasteiger partial charge in [-0.05, 0) is 70.6 Å². The molecule has 0 rings (SSSR count). The van der Waals surface area contributed by atoms with Crippen LogP contribution in [-0.4, -0.2) is 49.3 Å². The number of carbonyl (C=O) groups excluding carboxylic acids is 2. The fourth-order valence-corrected chi connectivity index (χ4v) is 6.45. The molecule has 54 heavy (non-hydrogen) atoms. The molecule has 0 heterocycles. The highest BCUT2D eigenvalue weighted by molar-refractivity contribution is 7.47. The van der Waals surface area contributed by atoms with Gasteiger partial charge in [0.1, 0.15) is 6.61 Å². The SMILES string of the molecule is CCCC/C=C\C/C=C\CCCCCCCC(=O)O[C@H](COC(=O)CCCCCCCCCCC/C=C\C/C=C\CCCCC)COP(=O)(O)OCCN. The number of nitrogens with two attached hydrogens (primary N) is 1. The van der Waals surface area contributed by atoms with E-state index in [-0.39, 0.29) is 32.6 Å². The van der Waals surface area contributed by atoms with Gasteiger partial charge in [-0.3, -0.25) is 18.6 Å². The Labute approximate surface area is 330 Å².